The molecule has 3 N–H and O–H groups in total. The lowest BCUT2D eigenvalue weighted by molar-refractivity contribution is -0.118. The van der Waals surface area contributed by atoms with Gasteiger partial charge in [0.15, 0.2) is 23.1 Å². The van der Waals surface area contributed by atoms with Crippen LogP contribution >= 0.6 is 0 Å². The summed E-state index contributed by atoms with van der Waals surface area (Å²) in [6.07, 6.45) is 2.30. The number of carbonyl (C=O) groups excluding carboxylic acids is 2. The smallest absolute Gasteiger partial charge is 0.273 e. The SMILES string of the molecule is [2H]C([2H])([2H])NC(=O)c1nnc(NC(=O)[C@@H]2CC2(C)C)cc1Nc1cccc(-c2ncn(C)n2)c1OC. The lowest BCUT2D eigenvalue weighted by atomic mass is 10.1. The van der Waals surface area contributed by atoms with E-state index < -0.39 is 12.9 Å². The molecule has 0 bridgehead atoms. The van der Waals surface area contributed by atoms with Gasteiger partial charge in [-0.3, -0.25) is 14.3 Å². The average molecular weight is 454 g/mol. The fourth-order valence-electron chi connectivity index (χ4n) is 3.54. The molecule has 2 heterocycles. The van der Waals surface area contributed by atoms with Crippen LogP contribution < -0.4 is 20.7 Å². The van der Waals surface area contributed by atoms with Crippen LogP contribution in [0.25, 0.3) is 11.4 Å². The number of nitrogens with zero attached hydrogens (tertiary/aromatic N) is 5. The molecule has 33 heavy (non-hydrogen) atoms. The van der Waals surface area contributed by atoms with Crippen molar-refractivity contribution in [2.24, 2.45) is 18.4 Å². The zero-order chi connectivity index (χ0) is 26.3. The summed E-state index contributed by atoms with van der Waals surface area (Å²) in [5.74, 6) is -0.415. The second-order valence-corrected chi connectivity index (χ2v) is 8.43. The third-order valence-corrected chi connectivity index (χ3v) is 5.53. The molecule has 0 saturated heterocycles. The quantitative estimate of drug-likeness (QED) is 0.496. The molecule has 172 valence electrons. The molecule has 11 heteroatoms. The van der Waals surface area contributed by atoms with Crippen LogP contribution in [0.2, 0.25) is 0 Å². The van der Waals surface area contributed by atoms with E-state index in [1.54, 1.807) is 36.3 Å². The van der Waals surface area contributed by atoms with Gasteiger partial charge in [0.25, 0.3) is 5.91 Å². The molecular formula is C22H26N8O3. The molecule has 2 aromatic heterocycles. The van der Waals surface area contributed by atoms with Crippen molar-refractivity contribution in [3.8, 4) is 17.1 Å². The van der Waals surface area contributed by atoms with Crippen LogP contribution in [0.3, 0.4) is 0 Å². The van der Waals surface area contributed by atoms with E-state index in [1.807, 2.05) is 19.2 Å². The average Bonchev–Trinajstić information content (AvgIpc) is 3.21. The number of benzene rings is 1. The first kappa shape index (κ1) is 18.5. The highest BCUT2D eigenvalue weighted by Gasteiger charge is 2.50. The zero-order valence-electron chi connectivity index (χ0n) is 21.6. The van der Waals surface area contributed by atoms with Crippen molar-refractivity contribution in [1.29, 1.82) is 0 Å². The van der Waals surface area contributed by atoms with Gasteiger partial charge in [-0.1, -0.05) is 19.9 Å². The number of methoxy groups -OCH3 is 1. The number of nitrogens with one attached hydrogen (secondary N) is 3. The van der Waals surface area contributed by atoms with Crippen molar-refractivity contribution in [2.45, 2.75) is 20.3 Å². The first-order valence-electron chi connectivity index (χ1n) is 11.7. The van der Waals surface area contributed by atoms with Crippen LogP contribution in [-0.2, 0) is 11.8 Å². The molecule has 11 nitrogen and oxygen atoms in total. The van der Waals surface area contributed by atoms with E-state index in [1.165, 1.54) is 13.2 Å². The molecule has 1 aliphatic carbocycles. The number of aryl methyl sites for hydroxylation is 1. The number of carbonyl (C=O) groups is 2. The van der Waals surface area contributed by atoms with E-state index in [-0.39, 0.29) is 34.4 Å². The second-order valence-electron chi connectivity index (χ2n) is 8.43. The summed E-state index contributed by atoms with van der Waals surface area (Å²) in [7, 11) is 3.21. The van der Waals surface area contributed by atoms with E-state index >= 15 is 0 Å². The number of hydrogen-bond acceptors (Lipinski definition) is 8. The monoisotopic (exact) mass is 453 g/mol. The first-order valence-corrected chi connectivity index (χ1v) is 10.2. The Morgan fingerprint density at radius 1 is 1.27 bits per heavy atom. The predicted octanol–water partition coefficient (Wildman–Crippen LogP) is 2.37. The van der Waals surface area contributed by atoms with Crippen LogP contribution in [0.5, 0.6) is 5.75 Å². The fourth-order valence-corrected chi connectivity index (χ4v) is 3.54. The minimum Gasteiger partial charge on any atom is -0.494 e. The van der Waals surface area contributed by atoms with Crippen LogP contribution in [0, 0.1) is 11.3 Å². The molecule has 3 aromatic rings. The highest BCUT2D eigenvalue weighted by Crippen LogP contribution is 2.52. The number of aromatic nitrogens is 5. The summed E-state index contributed by atoms with van der Waals surface area (Å²) >= 11 is 0. The highest BCUT2D eigenvalue weighted by atomic mass is 16.5. The number of ether oxygens (including phenoxy) is 1. The standard InChI is InChI=1S/C22H26N8O3/c1-22(2)10-13(22)20(31)26-16-9-15(17(28-27-16)21(32)23-3)25-14-8-6-7-12(18(14)33-5)19-24-11-30(4)29-19/h6-9,11,13H,10H2,1-5H3,(H,23,32)(H2,25,26,27,31)/t13-/m0/s1/i3D3. The van der Waals surface area contributed by atoms with Gasteiger partial charge in [0.1, 0.15) is 6.33 Å². The van der Waals surface area contributed by atoms with E-state index in [0.29, 0.717) is 22.8 Å². The van der Waals surface area contributed by atoms with Gasteiger partial charge < -0.3 is 20.7 Å². The van der Waals surface area contributed by atoms with E-state index in [2.05, 4.69) is 30.9 Å². The van der Waals surface area contributed by atoms with Crippen molar-refractivity contribution in [3.05, 3.63) is 36.3 Å². The number of amides is 2. The molecule has 0 radical (unpaired) electrons. The Kier molecular flexibility index (Phi) is 4.77. The maximum Gasteiger partial charge on any atom is 0.273 e. The van der Waals surface area contributed by atoms with Crippen molar-refractivity contribution >= 4 is 29.0 Å². The van der Waals surface area contributed by atoms with E-state index in [4.69, 9.17) is 8.85 Å². The van der Waals surface area contributed by atoms with Crippen LogP contribution in [0.4, 0.5) is 17.2 Å². The van der Waals surface area contributed by atoms with Gasteiger partial charge >= 0.3 is 0 Å². The molecule has 0 spiro atoms. The van der Waals surface area contributed by atoms with Crippen molar-refractivity contribution in [2.75, 3.05) is 24.7 Å². The second kappa shape index (κ2) is 8.49. The van der Waals surface area contributed by atoms with Crippen molar-refractivity contribution < 1.29 is 18.4 Å². The van der Waals surface area contributed by atoms with Gasteiger partial charge in [0.2, 0.25) is 5.91 Å². The molecule has 1 aromatic carbocycles. The molecule has 1 aliphatic rings. The maximum absolute atomic E-state index is 12.7. The van der Waals surface area contributed by atoms with Crippen molar-refractivity contribution in [3.63, 3.8) is 0 Å². The molecule has 2 amide bonds. The summed E-state index contributed by atoms with van der Waals surface area (Å²) < 4.78 is 29.2. The van der Waals surface area contributed by atoms with Gasteiger partial charge in [-0.05, 0) is 24.0 Å². The Hall–Kier alpha value is -4.02. The fraction of sp³-hybridized carbons (Fsp3) is 0.364. The molecule has 4 rings (SSSR count). The number of hydrogen-bond donors (Lipinski definition) is 3. The van der Waals surface area contributed by atoms with Gasteiger partial charge in [-0.25, -0.2) is 4.98 Å². The van der Waals surface area contributed by atoms with E-state index in [0.717, 1.165) is 6.42 Å². The maximum atomic E-state index is 12.7. The molecule has 1 fully saturated rings. The number of anilines is 3. The van der Waals surface area contributed by atoms with Gasteiger partial charge in [0.05, 0.1) is 24.0 Å². The molecule has 0 aliphatic heterocycles. The summed E-state index contributed by atoms with van der Waals surface area (Å²) in [6, 6.07) is 6.63. The minimum absolute atomic E-state index is 0.0918. The Morgan fingerprint density at radius 2 is 2.06 bits per heavy atom. The van der Waals surface area contributed by atoms with Gasteiger partial charge in [0, 0.05) is 30.1 Å². The topological polar surface area (TPSA) is 136 Å². The lowest BCUT2D eigenvalue weighted by Gasteiger charge is -2.16. The molecule has 0 unspecified atom stereocenters. The van der Waals surface area contributed by atoms with E-state index in [9.17, 15) is 9.59 Å². The minimum atomic E-state index is -2.73. The Balaban J connectivity index is 1.71. The highest BCUT2D eigenvalue weighted by molar-refractivity contribution is 6.00. The van der Waals surface area contributed by atoms with Crippen LogP contribution in [0.15, 0.2) is 30.6 Å². The molecular weight excluding hydrogens is 424 g/mol. The third kappa shape index (κ3) is 4.47. The zero-order valence-corrected chi connectivity index (χ0v) is 18.6. The van der Waals surface area contributed by atoms with Gasteiger partial charge in [-0.2, -0.15) is 5.10 Å². The predicted molar refractivity (Wildman–Crippen MR) is 122 cm³/mol. The Labute approximate surface area is 195 Å². The Bertz CT molecular complexity index is 1320. The number of rotatable bonds is 7. The van der Waals surface area contributed by atoms with Gasteiger partial charge in [-0.15, -0.1) is 10.2 Å². The first-order chi connectivity index (χ1) is 16.9. The summed E-state index contributed by atoms with van der Waals surface area (Å²) in [4.78, 5) is 29.5. The largest absolute Gasteiger partial charge is 0.494 e. The summed E-state index contributed by atoms with van der Waals surface area (Å²) in [5.41, 5.74) is 0.758. The lowest BCUT2D eigenvalue weighted by Crippen LogP contribution is -2.23. The molecule has 1 atom stereocenters. The Morgan fingerprint density at radius 3 is 2.70 bits per heavy atom. The van der Waals surface area contributed by atoms with Crippen molar-refractivity contribution in [1.82, 2.24) is 30.3 Å². The van der Waals surface area contributed by atoms with Crippen LogP contribution in [-0.4, -0.2) is 50.9 Å². The molecule has 1 saturated carbocycles. The summed E-state index contributed by atoms with van der Waals surface area (Å²) in [5, 5.41) is 19.8. The normalized spacial score (nSPS) is 17.8. The summed E-state index contributed by atoms with van der Waals surface area (Å²) in [6.45, 7) is 1.25. The third-order valence-electron chi connectivity index (χ3n) is 5.53. The van der Waals surface area contributed by atoms with Crippen LogP contribution in [0.1, 0.15) is 34.9 Å². The number of para-hydroxylation sites is 1.